The SMILES string of the molecule is Cc1cc(Br)ccc1NC(=O)c1c(OOS(=O)(=O)CC(C)C)cnn1C1CCCCO1. The van der Waals surface area contributed by atoms with Gasteiger partial charge in [0.15, 0.2) is 11.9 Å². The number of anilines is 1. The third-order valence-electron chi connectivity index (χ3n) is 4.61. The number of carbonyl (C=O) groups is 1. The second-order valence-corrected chi connectivity index (χ2v) is 10.3. The minimum absolute atomic E-state index is 0.0222. The number of amides is 1. The zero-order valence-corrected chi connectivity index (χ0v) is 20.0. The van der Waals surface area contributed by atoms with Gasteiger partial charge in [-0.1, -0.05) is 34.1 Å². The number of halogens is 1. The summed E-state index contributed by atoms with van der Waals surface area (Å²) in [4.78, 5) is 18.3. The summed E-state index contributed by atoms with van der Waals surface area (Å²) in [6.45, 7) is 5.91. The minimum atomic E-state index is -3.93. The lowest BCUT2D eigenvalue weighted by Crippen LogP contribution is -2.26. The predicted molar refractivity (Wildman–Crippen MR) is 118 cm³/mol. The molecule has 0 radical (unpaired) electrons. The Labute approximate surface area is 190 Å². The first-order chi connectivity index (χ1) is 14.7. The van der Waals surface area contributed by atoms with Gasteiger partial charge in [0.1, 0.15) is 0 Å². The summed E-state index contributed by atoms with van der Waals surface area (Å²) in [5.74, 6) is -0.979. The van der Waals surface area contributed by atoms with Crippen molar-refractivity contribution in [3.8, 4) is 5.75 Å². The maximum absolute atomic E-state index is 13.2. The molecule has 1 amide bonds. The van der Waals surface area contributed by atoms with Crippen LogP contribution in [0.25, 0.3) is 0 Å². The van der Waals surface area contributed by atoms with Gasteiger partial charge in [-0.15, -0.1) is 0 Å². The van der Waals surface area contributed by atoms with Crippen molar-refractivity contribution < 1.29 is 27.2 Å². The molecule has 1 fully saturated rings. The third kappa shape index (κ3) is 6.28. The molecule has 0 spiro atoms. The van der Waals surface area contributed by atoms with Crippen molar-refractivity contribution in [1.29, 1.82) is 0 Å². The van der Waals surface area contributed by atoms with Crippen LogP contribution in [0.3, 0.4) is 0 Å². The number of aromatic nitrogens is 2. The topological polar surface area (TPSA) is 109 Å². The van der Waals surface area contributed by atoms with Crippen LogP contribution in [0.2, 0.25) is 0 Å². The first-order valence-electron chi connectivity index (χ1n) is 10.0. The van der Waals surface area contributed by atoms with Gasteiger partial charge in [-0.05, 0) is 55.9 Å². The summed E-state index contributed by atoms with van der Waals surface area (Å²) in [6.07, 6.45) is 3.33. The normalized spacial score (nSPS) is 17.0. The molecule has 31 heavy (non-hydrogen) atoms. The molecule has 1 aliphatic heterocycles. The molecule has 1 unspecified atom stereocenters. The number of nitrogens with one attached hydrogen (secondary N) is 1. The lowest BCUT2D eigenvalue weighted by atomic mass is 10.2. The van der Waals surface area contributed by atoms with Crippen molar-refractivity contribution in [2.24, 2.45) is 5.92 Å². The minimum Gasteiger partial charge on any atom is -0.356 e. The van der Waals surface area contributed by atoms with Crippen LogP contribution in [0.5, 0.6) is 5.75 Å². The smallest absolute Gasteiger partial charge is 0.303 e. The lowest BCUT2D eigenvalue weighted by Gasteiger charge is -2.24. The molecule has 1 aliphatic rings. The fraction of sp³-hybridized carbons (Fsp3) is 0.500. The van der Waals surface area contributed by atoms with Crippen molar-refractivity contribution in [2.75, 3.05) is 17.7 Å². The number of aryl methyl sites for hydroxylation is 1. The van der Waals surface area contributed by atoms with Crippen LogP contribution < -0.4 is 10.2 Å². The van der Waals surface area contributed by atoms with E-state index in [2.05, 4.69) is 26.3 Å². The zero-order chi connectivity index (χ0) is 22.6. The quantitative estimate of drug-likeness (QED) is 0.414. The molecule has 11 heteroatoms. The zero-order valence-electron chi connectivity index (χ0n) is 17.6. The molecule has 1 atom stereocenters. The maximum atomic E-state index is 13.2. The Balaban J connectivity index is 1.88. The third-order valence-corrected chi connectivity index (χ3v) is 6.45. The Bertz CT molecular complexity index is 1030. The highest BCUT2D eigenvalue weighted by Gasteiger charge is 2.29. The van der Waals surface area contributed by atoms with Crippen molar-refractivity contribution in [1.82, 2.24) is 9.78 Å². The van der Waals surface area contributed by atoms with E-state index in [1.54, 1.807) is 19.9 Å². The monoisotopic (exact) mass is 515 g/mol. The molecule has 9 nitrogen and oxygen atoms in total. The van der Waals surface area contributed by atoms with E-state index in [0.29, 0.717) is 18.7 Å². The second-order valence-electron chi connectivity index (χ2n) is 7.81. The summed E-state index contributed by atoms with van der Waals surface area (Å²) in [7, 11) is -3.93. The van der Waals surface area contributed by atoms with Gasteiger partial charge in [0.25, 0.3) is 5.91 Å². The molecule has 170 valence electrons. The lowest BCUT2D eigenvalue weighted by molar-refractivity contribution is -0.0939. The second kappa shape index (κ2) is 10.1. The van der Waals surface area contributed by atoms with E-state index in [4.69, 9.17) is 14.0 Å². The summed E-state index contributed by atoms with van der Waals surface area (Å²) >= 11 is 3.40. The Hall–Kier alpha value is -1.95. The van der Waals surface area contributed by atoms with Crippen LogP contribution in [-0.4, -0.2) is 36.5 Å². The average Bonchev–Trinajstić information content (AvgIpc) is 3.12. The number of ether oxygens (including phenoxy) is 1. The Morgan fingerprint density at radius 2 is 2.16 bits per heavy atom. The van der Waals surface area contributed by atoms with Crippen molar-refractivity contribution in [3.05, 3.63) is 40.1 Å². The van der Waals surface area contributed by atoms with E-state index in [9.17, 15) is 13.2 Å². The van der Waals surface area contributed by atoms with Crippen LogP contribution in [0.4, 0.5) is 5.69 Å². The van der Waals surface area contributed by atoms with Gasteiger partial charge in [0.2, 0.25) is 5.75 Å². The average molecular weight is 516 g/mol. The number of nitrogens with zero attached hydrogens (tertiary/aromatic N) is 2. The number of hydrogen-bond donors (Lipinski definition) is 1. The molecule has 1 aromatic heterocycles. The highest BCUT2D eigenvalue weighted by Crippen LogP contribution is 2.30. The Kier molecular flexibility index (Phi) is 7.73. The van der Waals surface area contributed by atoms with Crippen molar-refractivity contribution >= 4 is 37.6 Å². The van der Waals surface area contributed by atoms with Crippen LogP contribution in [0.15, 0.2) is 28.9 Å². The number of rotatable bonds is 8. The highest BCUT2D eigenvalue weighted by molar-refractivity contribution is 9.10. The number of hydrogen-bond acceptors (Lipinski definition) is 7. The van der Waals surface area contributed by atoms with E-state index in [1.165, 1.54) is 10.9 Å². The van der Waals surface area contributed by atoms with Gasteiger partial charge in [-0.25, -0.2) is 4.68 Å². The predicted octanol–water partition coefficient (Wildman–Crippen LogP) is 4.20. The largest absolute Gasteiger partial charge is 0.356 e. The van der Waals surface area contributed by atoms with E-state index in [1.807, 2.05) is 19.1 Å². The summed E-state index contributed by atoms with van der Waals surface area (Å²) in [5, 5.41) is 7.05. The van der Waals surface area contributed by atoms with Gasteiger partial charge in [0, 0.05) is 16.8 Å². The molecule has 3 rings (SSSR count). The Morgan fingerprint density at radius 3 is 2.81 bits per heavy atom. The fourth-order valence-electron chi connectivity index (χ4n) is 3.23. The van der Waals surface area contributed by atoms with Gasteiger partial charge < -0.3 is 14.9 Å². The number of benzene rings is 1. The van der Waals surface area contributed by atoms with E-state index >= 15 is 0 Å². The van der Waals surface area contributed by atoms with Crippen molar-refractivity contribution in [2.45, 2.75) is 46.3 Å². The van der Waals surface area contributed by atoms with Crippen LogP contribution in [0.1, 0.15) is 55.4 Å². The fourth-order valence-corrected chi connectivity index (χ4v) is 4.76. The molecular formula is C20H26BrN3O6S. The molecule has 0 aliphatic carbocycles. The molecule has 1 aromatic carbocycles. The summed E-state index contributed by atoms with van der Waals surface area (Å²) in [5.41, 5.74) is 1.47. The van der Waals surface area contributed by atoms with E-state index in [-0.39, 0.29) is 23.1 Å². The molecule has 1 saturated heterocycles. The number of carbonyl (C=O) groups excluding carboxylic acids is 1. The molecule has 0 saturated carbocycles. The van der Waals surface area contributed by atoms with Gasteiger partial charge in [0.05, 0.1) is 11.9 Å². The summed E-state index contributed by atoms with van der Waals surface area (Å²) < 4.78 is 36.9. The first kappa shape index (κ1) is 23.7. The molecule has 0 bridgehead atoms. The molecule has 2 heterocycles. The van der Waals surface area contributed by atoms with Gasteiger partial charge >= 0.3 is 10.1 Å². The maximum Gasteiger partial charge on any atom is 0.303 e. The van der Waals surface area contributed by atoms with Crippen molar-refractivity contribution in [3.63, 3.8) is 0 Å². The van der Waals surface area contributed by atoms with E-state index in [0.717, 1.165) is 22.9 Å². The summed E-state index contributed by atoms with van der Waals surface area (Å²) in [6, 6.07) is 5.44. The van der Waals surface area contributed by atoms with E-state index < -0.39 is 22.3 Å². The highest BCUT2D eigenvalue weighted by atomic mass is 79.9. The first-order valence-corrected chi connectivity index (χ1v) is 12.4. The van der Waals surface area contributed by atoms with Gasteiger partial charge in [-0.2, -0.15) is 13.5 Å². The Morgan fingerprint density at radius 1 is 1.39 bits per heavy atom. The standard InChI is InChI=1S/C20H26BrN3O6S/c1-13(2)12-31(26,27)30-29-17-11-22-24(18-6-4-5-9-28-18)19(17)20(25)23-16-8-7-15(21)10-14(16)3/h7-8,10-11,13,18H,4-6,9,12H2,1-3H3,(H,23,25). The molecular weight excluding hydrogens is 490 g/mol. The molecule has 1 N–H and O–H groups in total. The van der Waals surface area contributed by atoms with Crippen LogP contribution in [-0.2, 0) is 19.2 Å². The molecule has 2 aromatic rings. The van der Waals surface area contributed by atoms with Crippen LogP contribution in [0, 0.1) is 12.8 Å². The van der Waals surface area contributed by atoms with Crippen LogP contribution >= 0.6 is 15.9 Å². The van der Waals surface area contributed by atoms with Gasteiger partial charge in [-0.3, -0.25) is 4.79 Å².